The number of benzene rings is 1. The minimum atomic E-state index is 0.0102. The third-order valence-corrected chi connectivity index (χ3v) is 6.02. The molecule has 162 valence electrons. The zero-order valence-corrected chi connectivity index (χ0v) is 18.8. The SMILES string of the molecule is Cc1ccc(-n2ncc(C)n2)c(C(=O)N2CCCC(C)C2CNc2ccc(Cl)cn2)c1. The zero-order valence-electron chi connectivity index (χ0n) is 18.0. The van der Waals surface area contributed by atoms with Crippen molar-refractivity contribution in [1.82, 2.24) is 24.9 Å². The lowest BCUT2D eigenvalue weighted by molar-refractivity contribution is 0.0539. The number of pyridine rings is 1. The Hall–Kier alpha value is -2.93. The zero-order chi connectivity index (χ0) is 22.0. The van der Waals surface area contributed by atoms with Gasteiger partial charge in [0, 0.05) is 19.3 Å². The molecular weight excluding hydrogens is 412 g/mol. The number of nitrogens with zero attached hydrogens (tertiary/aromatic N) is 5. The maximum Gasteiger partial charge on any atom is 0.256 e. The predicted molar refractivity (Wildman–Crippen MR) is 122 cm³/mol. The van der Waals surface area contributed by atoms with Gasteiger partial charge in [-0.3, -0.25) is 4.79 Å². The highest BCUT2D eigenvalue weighted by atomic mass is 35.5. The number of anilines is 1. The van der Waals surface area contributed by atoms with Crippen LogP contribution in [0.15, 0.2) is 42.7 Å². The van der Waals surface area contributed by atoms with Crippen LogP contribution in [0.25, 0.3) is 5.69 Å². The second-order valence-corrected chi connectivity index (χ2v) is 8.66. The molecule has 1 N–H and O–H groups in total. The molecule has 0 saturated carbocycles. The van der Waals surface area contributed by atoms with Gasteiger partial charge in [-0.05, 0) is 56.9 Å². The average Bonchev–Trinajstić information content (AvgIpc) is 3.19. The fourth-order valence-electron chi connectivity index (χ4n) is 4.11. The van der Waals surface area contributed by atoms with E-state index in [1.165, 1.54) is 0 Å². The Morgan fingerprint density at radius 1 is 1.23 bits per heavy atom. The van der Waals surface area contributed by atoms with Crippen molar-refractivity contribution in [3.63, 3.8) is 0 Å². The third-order valence-electron chi connectivity index (χ3n) is 5.80. The van der Waals surface area contributed by atoms with Gasteiger partial charge >= 0.3 is 0 Å². The number of hydrogen-bond donors (Lipinski definition) is 1. The molecule has 1 amide bonds. The van der Waals surface area contributed by atoms with Crippen LogP contribution in [0.2, 0.25) is 5.02 Å². The largest absolute Gasteiger partial charge is 0.368 e. The number of nitrogens with one attached hydrogen (secondary N) is 1. The van der Waals surface area contributed by atoms with Gasteiger partial charge in [-0.15, -0.1) is 0 Å². The second-order valence-electron chi connectivity index (χ2n) is 8.22. The summed E-state index contributed by atoms with van der Waals surface area (Å²) in [5.74, 6) is 1.13. The number of amides is 1. The summed E-state index contributed by atoms with van der Waals surface area (Å²) in [5.41, 5.74) is 3.16. The number of carbonyl (C=O) groups is 1. The summed E-state index contributed by atoms with van der Waals surface area (Å²) in [4.78, 5) is 21.6. The van der Waals surface area contributed by atoms with E-state index in [1.54, 1.807) is 17.2 Å². The molecule has 1 fully saturated rings. The molecule has 3 aromatic rings. The number of aromatic nitrogens is 4. The van der Waals surface area contributed by atoms with E-state index in [0.717, 1.165) is 36.5 Å². The number of halogens is 1. The first-order valence-corrected chi connectivity index (χ1v) is 11.0. The summed E-state index contributed by atoms with van der Waals surface area (Å²) in [5, 5.41) is 12.7. The highest BCUT2D eigenvalue weighted by molar-refractivity contribution is 6.30. The van der Waals surface area contributed by atoms with Gasteiger partial charge in [-0.2, -0.15) is 15.0 Å². The molecule has 0 bridgehead atoms. The first-order chi connectivity index (χ1) is 14.9. The molecule has 1 aliphatic rings. The highest BCUT2D eigenvalue weighted by Crippen LogP contribution is 2.27. The summed E-state index contributed by atoms with van der Waals surface area (Å²) in [6, 6.07) is 9.55. The average molecular weight is 439 g/mol. The van der Waals surface area contributed by atoms with E-state index < -0.39 is 0 Å². The van der Waals surface area contributed by atoms with Crippen LogP contribution in [-0.4, -0.2) is 49.9 Å². The summed E-state index contributed by atoms with van der Waals surface area (Å²) < 4.78 is 0. The van der Waals surface area contributed by atoms with E-state index in [9.17, 15) is 4.79 Å². The molecule has 0 spiro atoms. The van der Waals surface area contributed by atoms with Crippen molar-refractivity contribution in [1.29, 1.82) is 0 Å². The monoisotopic (exact) mass is 438 g/mol. The van der Waals surface area contributed by atoms with Gasteiger partial charge < -0.3 is 10.2 Å². The molecule has 2 atom stereocenters. The van der Waals surface area contributed by atoms with Crippen molar-refractivity contribution in [2.75, 3.05) is 18.4 Å². The first-order valence-electron chi connectivity index (χ1n) is 10.6. The molecule has 7 nitrogen and oxygen atoms in total. The van der Waals surface area contributed by atoms with Gasteiger partial charge in [-0.25, -0.2) is 4.98 Å². The van der Waals surface area contributed by atoms with E-state index in [4.69, 9.17) is 11.6 Å². The maximum absolute atomic E-state index is 13.8. The molecule has 2 aromatic heterocycles. The fourth-order valence-corrected chi connectivity index (χ4v) is 4.22. The summed E-state index contributed by atoms with van der Waals surface area (Å²) in [7, 11) is 0. The van der Waals surface area contributed by atoms with E-state index in [0.29, 0.717) is 28.7 Å². The standard InChI is InChI=1S/C23H27ClN6O/c1-15-6-8-20(30-27-12-17(3)28-30)19(11-15)23(31)29-10-4-5-16(2)21(29)14-26-22-9-7-18(24)13-25-22/h6-9,11-13,16,21H,4-5,10,14H2,1-3H3,(H,25,26). The predicted octanol–water partition coefficient (Wildman–Crippen LogP) is 4.29. The van der Waals surface area contributed by atoms with Crippen LogP contribution < -0.4 is 5.32 Å². The molecule has 2 unspecified atom stereocenters. The number of piperidine rings is 1. The Kier molecular flexibility index (Phi) is 6.23. The van der Waals surface area contributed by atoms with Crippen molar-refractivity contribution >= 4 is 23.3 Å². The van der Waals surface area contributed by atoms with Gasteiger partial charge in [0.05, 0.1) is 34.2 Å². The van der Waals surface area contributed by atoms with Crippen molar-refractivity contribution in [2.45, 2.75) is 39.7 Å². The van der Waals surface area contributed by atoms with Gasteiger partial charge in [0.25, 0.3) is 5.91 Å². The molecule has 1 saturated heterocycles. The summed E-state index contributed by atoms with van der Waals surface area (Å²) in [6.07, 6.45) is 5.39. The van der Waals surface area contributed by atoms with Crippen molar-refractivity contribution in [3.8, 4) is 5.69 Å². The van der Waals surface area contributed by atoms with E-state index in [-0.39, 0.29) is 11.9 Å². The van der Waals surface area contributed by atoms with Crippen LogP contribution in [0.3, 0.4) is 0 Å². The van der Waals surface area contributed by atoms with Gasteiger partial charge in [0.2, 0.25) is 0 Å². The third kappa shape index (κ3) is 4.71. The number of carbonyl (C=O) groups excluding carboxylic acids is 1. The van der Waals surface area contributed by atoms with Crippen LogP contribution in [-0.2, 0) is 0 Å². The Morgan fingerprint density at radius 2 is 2.06 bits per heavy atom. The van der Waals surface area contributed by atoms with E-state index in [2.05, 4.69) is 27.4 Å². The van der Waals surface area contributed by atoms with Crippen molar-refractivity contribution < 1.29 is 4.79 Å². The van der Waals surface area contributed by atoms with E-state index in [1.807, 2.05) is 49.1 Å². The number of likely N-dealkylation sites (tertiary alicyclic amines) is 1. The molecule has 1 aliphatic heterocycles. The Labute approximate surface area is 187 Å². The van der Waals surface area contributed by atoms with Crippen LogP contribution in [0.4, 0.5) is 5.82 Å². The van der Waals surface area contributed by atoms with Crippen molar-refractivity contribution in [3.05, 3.63) is 64.6 Å². The van der Waals surface area contributed by atoms with Gasteiger partial charge in [0.15, 0.2) is 0 Å². The fraction of sp³-hybridized carbons (Fsp3) is 0.391. The highest BCUT2D eigenvalue weighted by Gasteiger charge is 2.33. The summed E-state index contributed by atoms with van der Waals surface area (Å²) in [6.45, 7) is 7.44. The number of hydrogen-bond acceptors (Lipinski definition) is 5. The topological polar surface area (TPSA) is 75.9 Å². The van der Waals surface area contributed by atoms with Gasteiger partial charge in [0.1, 0.15) is 5.82 Å². The quantitative estimate of drug-likeness (QED) is 0.643. The molecule has 4 rings (SSSR count). The Bertz CT molecular complexity index is 1060. The van der Waals surface area contributed by atoms with Crippen LogP contribution >= 0.6 is 11.6 Å². The smallest absolute Gasteiger partial charge is 0.256 e. The Morgan fingerprint density at radius 3 is 2.77 bits per heavy atom. The number of aryl methyl sites for hydroxylation is 2. The molecule has 31 heavy (non-hydrogen) atoms. The van der Waals surface area contributed by atoms with Crippen LogP contribution in [0, 0.1) is 19.8 Å². The molecule has 0 radical (unpaired) electrons. The normalized spacial score (nSPS) is 18.8. The first kappa shape index (κ1) is 21.3. The maximum atomic E-state index is 13.8. The van der Waals surface area contributed by atoms with Crippen LogP contribution in [0.1, 0.15) is 41.4 Å². The van der Waals surface area contributed by atoms with Gasteiger partial charge in [-0.1, -0.05) is 30.2 Å². The Balaban J connectivity index is 1.61. The van der Waals surface area contributed by atoms with Crippen LogP contribution in [0.5, 0.6) is 0 Å². The van der Waals surface area contributed by atoms with Crippen molar-refractivity contribution in [2.24, 2.45) is 5.92 Å². The van der Waals surface area contributed by atoms with E-state index >= 15 is 0 Å². The molecule has 1 aromatic carbocycles. The lowest BCUT2D eigenvalue weighted by Crippen LogP contribution is -2.51. The lowest BCUT2D eigenvalue weighted by atomic mass is 9.89. The molecular formula is C23H27ClN6O. The molecule has 0 aliphatic carbocycles. The molecule has 8 heteroatoms. The lowest BCUT2D eigenvalue weighted by Gasteiger charge is -2.40. The minimum Gasteiger partial charge on any atom is -0.368 e. The second kappa shape index (κ2) is 9.06. The number of rotatable bonds is 5. The summed E-state index contributed by atoms with van der Waals surface area (Å²) >= 11 is 5.94. The minimum absolute atomic E-state index is 0.0102. The molecule has 3 heterocycles.